The van der Waals surface area contributed by atoms with E-state index in [1.807, 2.05) is 0 Å². The molecular weight excluding hydrogens is 152 g/mol. The van der Waals surface area contributed by atoms with Crippen molar-refractivity contribution in [2.75, 3.05) is 6.61 Å². The minimum Gasteiger partial charge on any atom is -0.466 e. The van der Waals surface area contributed by atoms with E-state index in [-0.39, 0.29) is 5.97 Å². The fourth-order valence-corrected chi connectivity index (χ4v) is 1.67. The Kier molecular flexibility index (Phi) is 4.12. The van der Waals surface area contributed by atoms with Crippen molar-refractivity contribution >= 4 is 5.97 Å². The van der Waals surface area contributed by atoms with Crippen LogP contribution in [-0.2, 0) is 9.53 Å². The monoisotopic (exact) mass is 169 g/mol. The van der Waals surface area contributed by atoms with Crippen LogP contribution in [0.15, 0.2) is 0 Å². The van der Waals surface area contributed by atoms with Crippen molar-refractivity contribution in [3.05, 3.63) is 6.42 Å². The molecule has 1 rings (SSSR count). The molecule has 69 valence electrons. The normalized spacial score (nSPS) is 19.1. The molecule has 1 aliphatic carbocycles. The summed E-state index contributed by atoms with van der Waals surface area (Å²) in [5.74, 6) is 0.514. The van der Waals surface area contributed by atoms with E-state index in [1.165, 1.54) is 39.0 Å². The Hall–Kier alpha value is -0.530. The Morgan fingerprint density at radius 1 is 1.42 bits per heavy atom. The SMILES string of the molecule is CC(=O)OC[CH]C1CCCCC1. The molecule has 0 aromatic rings. The third-order valence-corrected chi connectivity index (χ3v) is 2.37. The molecule has 0 heterocycles. The third-order valence-electron chi connectivity index (χ3n) is 2.37. The number of carbonyl (C=O) groups is 1. The Bertz CT molecular complexity index is 137. The second-order valence-electron chi connectivity index (χ2n) is 3.44. The molecular formula is C10H17O2. The van der Waals surface area contributed by atoms with E-state index in [4.69, 9.17) is 4.74 Å². The van der Waals surface area contributed by atoms with Crippen LogP contribution in [-0.4, -0.2) is 12.6 Å². The lowest BCUT2D eigenvalue weighted by Crippen LogP contribution is -2.11. The van der Waals surface area contributed by atoms with E-state index in [2.05, 4.69) is 6.42 Å². The molecule has 2 heteroatoms. The van der Waals surface area contributed by atoms with Crippen molar-refractivity contribution in [2.45, 2.75) is 39.0 Å². The van der Waals surface area contributed by atoms with Crippen molar-refractivity contribution in [1.29, 1.82) is 0 Å². The number of hydrogen-bond acceptors (Lipinski definition) is 2. The van der Waals surface area contributed by atoms with Crippen molar-refractivity contribution in [3.8, 4) is 0 Å². The van der Waals surface area contributed by atoms with Gasteiger partial charge in [-0.1, -0.05) is 32.1 Å². The highest BCUT2D eigenvalue weighted by Crippen LogP contribution is 2.25. The van der Waals surface area contributed by atoms with Gasteiger partial charge in [-0.05, 0) is 5.92 Å². The lowest BCUT2D eigenvalue weighted by molar-refractivity contribution is -0.140. The van der Waals surface area contributed by atoms with Crippen LogP contribution < -0.4 is 0 Å². The van der Waals surface area contributed by atoms with Crippen molar-refractivity contribution in [2.24, 2.45) is 5.92 Å². The van der Waals surface area contributed by atoms with E-state index in [1.54, 1.807) is 0 Å². The van der Waals surface area contributed by atoms with Gasteiger partial charge in [0.2, 0.25) is 0 Å². The van der Waals surface area contributed by atoms with Crippen molar-refractivity contribution in [3.63, 3.8) is 0 Å². The Morgan fingerprint density at radius 2 is 2.08 bits per heavy atom. The fourth-order valence-electron chi connectivity index (χ4n) is 1.67. The summed E-state index contributed by atoms with van der Waals surface area (Å²) in [6.45, 7) is 1.95. The second-order valence-corrected chi connectivity index (χ2v) is 3.44. The summed E-state index contributed by atoms with van der Waals surface area (Å²) in [7, 11) is 0. The summed E-state index contributed by atoms with van der Waals surface area (Å²) >= 11 is 0. The van der Waals surface area contributed by atoms with Gasteiger partial charge in [-0.15, -0.1) is 0 Å². The standard InChI is InChI=1S/C10H17O2/c1-9(11)12-8-7-10-5-3-2-4-6-10/h7,10H,2-6,8H2,1H3. The summed E-state index contributed by atoms with van der Waals surface area (Å²) in [4.78, 5) is 10.4. The molecule has 0 amide bonds. The first-order valence-electron chi connectivity index (χ1n) is 4.76. The van der Waals surface area contributed by atoms with Crippen LogP contribution >= 0.6 is 0 Å². The van der Waals surface area contributed by atoms with Crippen molar-refractivity contribution < 1.29 is 9.53 Å². The quantitative estimate of drug-likeness (QED) is 0.606. The van der Waals surface area contributed by atoms with Crippen LogP contribution in [0.4, 0.5) is 0 Å². The van der Waals surface area contributed by atoms with E-state index in [0.717, 1.165) is 0 Å². The zero-order chi connectivity index (χ0) is 8.81. The highest BCUT2D eigenvalue weighted by Gasteiger charge is 2.13. The first-order valence-corrected chi connectivity index (χ1v) is 4.76. The largest absolute Gasteiger partial charge is 0.466 e. The van der Waals surface area contributed by atoms with Crippen LogP contribution in [0.5, 0.6) is 0 Å². The number of carbonyl (C=O) groups excluding carboxylic acids is 1. The highest BCUT2D eigenvalue weighted by atomic mass is 16.5. The van der Waals surface area contributed by atoms with Crippen LogP contribution in [0.2, 0.25) is 0 Å². The van der Waals surface area contributed by atoms with Crippen LogP contribution in [0.25, 0.3) is 0 Å². The molecule has 0 aromatic carbocycles. The Labute approximate surface area is 74.3 Å². The van der Waals surface area contributed by atoms with Gasteiger partial charge < -0.3 is 4.74 Å². The number of hydrogen-bond donors (Lipinski definition) is 0. The number of rotatable bonds is 3. The molecule has 0 unspecified atom stereocenters. The third kappa shape index (κ3) is 3.74. The second kappa shape index (κ2) is 5.18. The van der Waals surface area contributed by atoms with E-state index >= 15 is 0 Å². The maximum Gasteiger partial charge on any atom is 0.302 e. The molecule has 1 fully saturated rings. The summed E-state index contributed by atoms with van der Waals surface area (Å²) in [5.41, 5.74) is 0. The molecule has 0 aliphatic heterocycles. The molecule has 0 atom stereocenters. The number of ether oxygens (including phenoxy) is 1. The topological polar surface area (TPSA) is 26.3 Å². The maximum absolute atomic E-state index is 10.4. The van der Waals surface area contributed by atoms with E-state index < -0.39 is 0 Å². The molecule has 0 bridgehead atoms. The molecule has 12 heavy (non-hydrogen) atoms. The van der Waals surface area contributed by atoms with E-state index in [0.29, 0.717) is 12.5 Å². The van der Waals surface area contributed by atoms with Gasteiger partial charge in [0.15, 0.2) is 0 Å². The van der Waals surface area contributed by atoms with Gasteiger partial charge in [0.25, 0.3) is 0 Å². The fraction of sp³-hybridized carbons (Fsp3) is 0.800. The van der Waals surface area contributed by atoms with Gasteiger partial charge in [-0.3, -0.25) is 4.79 Å². The molecule has 0 spiro atoms. The lowest BCUT2D eigenvalue weighted by Gasteiger charge is -2.20. The molecule has 0 saturated heterocycles. The van der Waals surface area contributed by atoms with Gasteiger partial charge in [0.1, 0.15) is 0 Å². The lowest BCUT2D eigenvalue weighted by atomic mass is 9.87. The predicted molar refractivity (Wildman–Crippen MR) is 47.5 cm³/mol. The Balaban J connectivity index is 2.01. The van der Waals surface area contributed by atoms with E-state index in [9.17, 15) is 4.79 Å². The maximum atomic E-state index is 10.4. The molecule has 1 radical (unpaired) electrons. The summed E-state index contributed by atoms with van der Waals surface area (Å²) in [6.07, 6.45) is 8.74. The molecule has 0 aromatic heterocycles. The summed E-state index contributed by atoms with van der Waals surface area (Å²) in [5, 5.41) is 0. The summed E-state index contributed by atoms with van der Waals surface area (Å²) < 4.78 is 4.85. The van der Waals surface area contributed by atoms with Crippen LogP contribution in [0.3, 0.4) is 0 Å². The van der Waals surface area contributed by atoms with Gasteiger partial charge in [0.05, 0.1) is 6.61 Å². The molecule has 2 nitrogen and oxygen atoms in total. The van der Waals surface area contributed by atoms with Gasteiger partial charge in [-0.2, -0.15) is 0 Å². The zero-order valence-corrected chi connectivity index (χ0v) is 7.71. The minimum absolute atomic E-state index is 0.179. The molecule has 1 aliphatic rings. The van der Waals surface area contributed by atoms with Crippen LogP contribution in [0.1, 0.15) is 39.0 Å². The van der Waals surface area contributed by atoms with Crippen LogP contribution in [0, 0.1) is 12.3 Å². The molecule has 1 saturated carbocycles. The van der Waals surface area contributed by atoms with Gasteiger partial charge >= 0.3 is 5.97 Å². The molecule has 0 N–H and O–H groups in total. The number of esters is 1. The highest BCUT2D eigenvalue weighted by molar-refractivity contribution is 5.65. The first kappa shape index (κ1) is 9.56. The summed E-state index contributed by atoms with van der Waals surface area (Å²) in [6, 6.07) is 0. The average molecular weight is 169 g/mol. The average Bonchev–Trinajstić information content (AvgIpc) is 2.05. The first-order chi connectivity index (χ1) is 5.79. The smallest absolute Gasteiger partial charge is 0.302 e. The van der Waals surface area contributed by atoms with Crippen molar-refractivity contribution in [1.82, 2.24) is 0 Å². The predicted octanol–water partition coefficient (Wildman–Crippen LogP) is 2.33. The van der Waals surface area contributed by atoms with Gasteiger partial charge in [0, 0.05) is 13.3 Å². The zero-order valence-electron chi connectivity index (χ0n) is 7.71. The minimum atomic E-state index is -0.179. The Morgan fingerprint density at radius 3 is 2.67 bits per heavy atom. The van der Waals surface area contributed by atoms with Gasteiger partial charge in [-0.25, -0.2) is 0 Å².